The van der Waals surface area contributed by atoms with Gasteiger partial charge in [0.05, 0.1) is 6.04 Å². The summed E-state index contributed by atoms with van der Waals surface area (Å²) < 4.78 is 5.59. The van der Waals surface area contributed by atoms with E-state index in [4.69, 9.17) is 4.74 Å². The third-order valence-electron chi connectivity index (χ3n) is 3.47. The van der Waals surface area contributed by atoms with Gasteiger partial charge in [-0.05, 0) is 26.7 Å². The summed E-state index contributed by atoms with van der Waals surface area (Å²) in [5, 5.41) is 3.20. The second kappa shape index (κ2) is 4.10. The molecule has 0 saturated carbocycles. The highest BCUT2D eigenvalue weighted by atomic mass is 16.5. The van der Waals surface area contributed by atoms with E-state index in [0.717, 1.165) is 39.1 Å². The fourth-order valence-electron chi connectivity index (χ4n) is 2.31. The van der Waals surface area contributed by atoms with Crippen LogP contribution in [0.1, 0.15) is 26.7 Å². The van der Waals surface area contributed by atoms with E-state index in [0.29, 0.717) is 6.04 Å². The number of nitrogens with zero attached hydrogens (tertiary/aromatic N) is 1. The Morgan fingerprint density at radius 1 is 1.60 bits per heavy atom. The molecule has 2 heterocycles. The largest absolute Gasteiger partial charge is 0.365 e. The number of carbonyl (C=O) groups excluding carboxylic acids is 1. The lowest BCUT2D eigenvalue weighted by Crippen LogP contribution is -2.62. The number of rotatable bonds is 3. The Balaban J connectivity index is 2.03. The average Bonchev–Trinajstić information content (AvgIpc) is 2.58. The van der Waals surface area contributed by atoms with Crippen molar-refractivity contribution in [3.63, 3.8) is 0 Å². The smallest absolute Gasteiger partial charge is 0.254 e. The highest BCUT2D eigenvalue weighted by Crippen LogP contribution is 2.28. The lowest BCUT2D eigenvalue weighted by Gasteiger charge is -2.41. The maximum absolute atomic E-state index is 12.3. The van der Waals surface area contributed by atoms with E-state index in [9.17, 15) is 4.79 Å². The summed E-state index contributed by atoms with van der Waals surface area (Å²) in [6.45, 7) is 7.32. The number of hydrogen-bond acceptors (Lipinski definition) is 3. The van der Waals surface area contributed by atoms with Crippen molar-refractivity contribution < 1.29 is 9.53 Å². The molecule has 0 spiro atoms. The molecule has 4 nitrogen and oxygen atoms in total. The van der Waals surface area contributed by atoms with Gasteiger partial charge in [-0.2, -0.15) is 0 Å². The molecule has 1 N–H and O–H groups in total. The lowest BCUT2D eigenvalue weighted by atomic mass is 9.99. The van der Waals surface area contributed by atoms with E-state index in [-0.39, 0.29) is 5.91 Å². The molecule has 86 valence electrons. The number of hydrogen-bond donors (Lipinski definition) is 1. The number of likely N-dealkylation sites (N-methyl/N-ethyl adjacent to an activating group) is 1. The van der Waals surface area contributed by atoms with Crippen LogP contribution in [0.3, 0.4) is 0 Å². The fraction of sp³-hybridized carbons (Fsp3) is 0.909. The standard InChI is InChI=1S/C11H20N2O2/c1-3-13(9-7-12-8-9)10(14)11(2)5-4-6-15-11/h9,12H,3-8H2,1-2H3. The second-order valence-electron chi connectivity index (χ2n) is 4.59. The molecule has 2 saturated heterocycles. The first-order valence-corrected chi connectivity index (χ1v) is 5.83. The lowest BCUT2D eigenvalue weighted by molar-refractivity contribution is -0.154. The van der Waals surface area contributed by atoms with Crippen LogP contribution in [0.25, 0.3) is 0 Å². The third-order valence-corrected chi connectivity index (χ3v) is 3.47. The van der Waals surface area contributed by atoms with Gasteiger partial charge in [-0.15, -0.1) is 0 Å². The molecule has 0 bridgehead atoms. The molecule has 15 heavy (non-hydrogen) atoms. The van der Waals surface area contributed by atoms with Gasteiger partial charge in [0.1, 0.15) is 5.60 Å². The minimum Gasteiger partial charge on any atom is -0.365 e. The predicted octanol–water partition coefficient (Wildman–Crippen LogP) is 0.376. The van der Waals surface area contributed by atoms with Crippen molar-refractivity contribution in [3.05, 3.63) is 0 Å². The third kappa shape index (κ3) is 1.88. The number of carbonyl (C=O) groups is 1. The molecule has 1 atom stereocenters. The first kappa shape index (κ1) is 10.9. The SMILES string of the molecule is CCN(C(=O)C1(C)CCCO1)C1CNC1. The van der Waals surface area contributed by atoms with Crippen LogP contribution in [-0.4, -0.2) is 48.7 Å². The van der Waals surface area contributed by atoms with Crippen LogP contribution in [0.4, 0.5) is 0 Å². The molecule has 1 unspecified atom stereocenters. The van der Waals surface area contributed by atoms with Gasteiger partial charge in [-0.3, -0.25) is 4.79 Å². The van der Waals surface area contributed by atoms with Crippen LogP contribution >= 0.6 is 0 Å². The van der Waals surface area contributed by atoms with Gasteiger partial charge in [0.15, 0.2) is 0 Å². The monoisotopic (exact) mass is 212 g/mol. The molecule has 0 aromatic rings. The molecule has 2 fully saturated rings. The Kier molecular flexibility index (Phi) is 2.98. The molecule has 2 aliphatic heterocycles. The van der Waals surface area contributed by atoms with Gasteiger partial charge in [0, 0.05) is 26.2 Å². The van der Waals surface area contributed by atoms with Crippen LogP contribution < -0.4 is 5.32 Å². The molecule has 2 aliphatic rings. The van der Waals surface area contributed by atoms with E-state index in [1.807, 2.05) is 18.7 Å². The minimum atomic E-state index is -0.550. The highest BCUT2D eigenvalue weighted by Gasteiger charge is 2.42. The van der Waals surface area contributed by atoms with Crippen molar-refractivity contribution >= 4 is 5.91 Å². The van der Waals surface area contributed by atoms with Crippen molar-refractivity contribution in [2.24, 2.45) is 0 Å². The Morgan fingerprint density at radius 2 is 2.33 bits per heavy atom. The molecule has 0 aliphatic carbocycles. The summed E-state index contributed by atoms with van der Waals surface area (Å²) in [4.78, 5) is 14.3. The minimum absolute atomic E-state index is 0.175. The van der Waals surface area contributed by atoms with Gasteiger partial charge >= 0.3 is 0 Å². The normalized spacial score (nSPS) is 31.3. The summed E-state index contributed by atoms with van der Waals surface area (Å²) >= 11 is 0. The maximum Gasteiger partial charge on any atom is 0.254 e. The van der Waals surface area contributed by atoms with Gasteiger partial charge < -0.3 is 15.0 Å². The Morgan fingerprint density at radius 3 is 2.73 bits per heavy atom. The molecule has 0 aromatic heterocycles. The van der Waals surface area contributed by atoms with Gasteiger partial charge in [0.25, 0.3) is 5.91 Å². The summed E-state index contributed by atoms with van der Waals surface area (Å²) in [6, 6.07) is 0.378. The van der Waals surface area contributed by atoms with E-state index in [1.165, 1.54) is 0 Å². The zero-order valence-electron chi connectivity index (χ0n) is 9.58. The Labute approximate surface area is 91.0 Å². The van der Waals surface area contributed by atoms with Gasteiger partial charge in [-0.1, -0.05) is 0 Å². The Bertz CT molecular complexity index is 245. The first-order chi connectivity index (χ1) is 7.17. The van der Waals surface area contributed by atoms with Crippen LogP contribution in [0.2, 0.25) is 0 Å². The number of nitrogens with one attached hydrogen (secondary N) is 1. The van der Waals surface area contributed by atoms with Crippen LogP contribution in [0.5, 0.6) is 0 Å². The van der Waals surface area contributed by atoms with E-state index in [2.05, 4.69) is 5.32 Å². The van der Waals surface area contributed by atoms with Crippen molar-refractivity contribution in [1.29, 1.82) is 0 Å². The van der Waals surface area contributed by atoms with Crippen LogP contribution in [0, 0.1) is 0 Å². The van der Waals surface area contributed by atoms with Crippen LogP contribution in [-0.2, 0) is 9.53 Å². The van der Waals surface area contributed by atoms with E-state index < -0.39 is 5.60 Å². The van der Waals surface area contributed by atoms with Crippen molar-refractivity contribution in [2.45, 2.75) is 38.3 Å². The summed E-state index contributed by atoms with van der Waals surface area (Å²) in [6.07, 6.45) is 1.87. The fourth-order valence-corrected chi connectivity index (χ4v) is 2.31. The number of amides is 1. The van der Waals surface area contributed by atoms with Crippen molar-refractivity contribution in [3.8, 4) is 0 Å². The summed E-state index contributed by atoms with van der Waals surface area (Å²) in [5.74, 6) is 0.175. The summed E-state index contributed by atoms with van der Waals surface area (Å²) in [5.41, 5.74) is -0.550. The van der Waals surface area contributed by atoms with Crippen molar-refractivity contribution in [1.82, 2.24) is 10.2 Å². The van der Waals surface area contributed by atoms with E-state index >= 15 is 0 Å². The van der Waals surface area contributed by atoms with Gasteiger partial charge in [0.2, 0.25) is 0 Å². The zero-order chi connectivity index (χ0) is 10.9. The topological polar surface area (TPSA) is 41.6 Å². The molecular formula is C11H20N2O2. The Hall–Kier alpha value is -0.610. The molecule has 2 rings (SSSR count). The first-order valence-electron chi connectivity index (χ1n) is 5.83. The zero-order valence-corrected chi connectivity index (χ0v) is 9.58. The quantitative estimate of drug-likeness (QED) is 0.735. The molecule has 0 aromatic carbocycles. The van der Waals surface area contributed by atoms with Gasteiger partial charge in [-0.25, -0.2) is 0 Å². The van der Waals surface area contributed by atoms with E-state index in [1.54, 1.807) is 0 Å². The predicted molar refractivity (Wildman–Crippen MR) is 57.6 cm³/mol. The molecular weight excluding hydrogens is 192 g/mol. The van der Waals surface area contributed by atoms with Crippen LogP contribution in [0.15, 0.2) is 0 Å². The number of ether oxygens (including phenoxy) is 1. The average molecular weight is 212 g/mol. The molecule has 4 heteroatoms. The molecule has 0 radical (unpaired) electrons. The second-order valence-corrected chi connectivity index (χ2v) is 4.59. The molecule has 1 amide bonds. The highest BCUT2D eigenvalue weighted by molar-refractivity contribution is 5.85. The maximum atomic E-state index is 12.3. The van der Waals surface area contributed by atoms with Crippen molar-refractivity contribution in [2.75, 3.05) is 26.2 Å². The summed E-state index contributed by atoms with van der Waals surface area (Å²) in [7, 11) is 0.